The largest absolute Gasteiger partial charge is 0.322 e. The van der Waals surface area contributed by atoms with Gasteiger partial charge < -0.3 is 5.73 Å². The minimum absolute atomic E-state index is 0.275. The van der Waals surface area contributed by atoms with Gasteiger partial charge in [-0.25, -0.2) is 0 Å². The Balaban J connectivity index is 2.05. The molecule has 3 rings (SSSR count). The molecule has 0 amide bonds. The Morgan fingerprint density at radius 2 is 1.84 bits per heavy atom. The van der Waals surface area contributed by atoms with Gasteiger partial charge in [-0.1, -0.05) is 64.8 Å². The lowest BCUT2D eigenvalue weighted by molar-refractivity contribution is 0.523. The number of aryl methyl sites for hydroxylation is 3. The topological polar surface area (TPSA) is 26.0 Å². The molecule has 1 fully saturated rings. The molecule has 0 aromatic heterocycles. The number of benzene rings is 2. The molecule has 1 nitrogen and oxygen atoms in total. The third-order valence-electron chi connectivity index (χ3n) is 5.78. The van der Waals surface area contributed by atoms with E-state index in [4.69, 9.17) is 5.73 Å². The first kappa shape index (κ1) is 18.4. The number of rotatable bonds is 2. The van der Waals surface area contributed by atoms with Gasteiger partial charge in [0.25, 0.3) is 0 Å². The van der Waals surface area contributed by atoms with E-state index >= 15 is 0 Å². The number of hydrogen-bond acceptors (Lipinski definition) is 1. The van der Waals surface area contributed by atoms with Gasteiger partial charge in [0.05, 0.1) is 0 Å². The van der Waals surface area contributed by atoms with Gasteiger partial charge in [-0.15, -0.1) is 0 Å². The van der Waals surface area contributed by atoms with Gasteiger partial charge >= 0.3 is 0 Å². The third kappa shape index (κ3) is 3.47. The van der Waals surface area contributed by atoms with Gasteiger partial charge in [0.1, 0.15) is 0 Å². The Labute approximate surface area is 160 Å². The Kier molecular flexibility index (Phi) is 4.96. The average molecular weight is 398 g/mol. The predicted octanol–water partition coefficient (Wildman–Crippen LogP) is 6.30. The smallest absolute Gasteiger partial charge is 0.0352 e. The van der Waals surface area contributed by atoms with Crippen LogP contribution in [0.1, 0.15) is 54.0 Å². The van der Waals surface area contributed by atoms with Crippen LogP contribution < -0.4 is 5.73 Å². The molecule has 0 radical (unpaired) electrons. The van der Waals surface area contributed by atoms with Crippen molar-refractivity contribution in [1.82, 2.24) is 0 Å². The summed E-state index contributed by atoms with van der Waals surface area (Å²) >= 11 is 3.77. The van der Waals surface area contributed by atoms with Gasteiger partial charge in [0, 0.05) is 10.0 Å². The van der Waals surface area contributed by atoms with Crippen molar-refractivity contribution in [2.45, 2.75) is 52.5 Å². The summed E-state index contributed by atoms with van der Waals surface area (Å²) in [6, 6.07) is 13.1. The molecule has 1 saturated carbocycles. The maximum absolute atomic E-state index is 6.78. The summed E-state index contributed by atoms with van der Waals surface area (Å²) in [5.74, 6) is 0.871. The standard InChI is InChI=1S/C23H28BrN/c1-14-9-10-18(16(3)11-14)12-20-17(4)19(13-23(20,5)25)22-15(2)7-6-8-21(22)24/h6-12,17,19H,13,25H2,1-5H3/b20-12+. The maximum atomic E-state index is 6.78. The molecule has 132 valence electrons. The lowest BCUT2D eigenvalue weighted by atomic mass is 9.85. The molecule has 0 aliphatic heterocycles. The molecule has 2 aromatic carbocycles. The first-order chi connectivity index (χ1) is 11.7. The predicted molar refractivity (Wildman–Crippen MR) is 112 cm³/mol. The van der Waals surface area contributed by atoms with Crippen LogP contribution in [0.4, 0.5) is 0 Å². The number of halogens is 1. The van der Waals surface area contributed by atoms with E-state index in [9.17, 15) is 0 Å². The van der Waals surface area contributed by atoms with E-state index in [0.717, 1.165) is 6.42 Å². The molecule has 3 atom stereocenters. The van der Waals surface area contributed by atoms with Crippen molar-refractivity contribution in [3.63, 3.8) is 0 Å². The van der Waals surface area contributed by atoms with Crippen molar-refractivity contribution in [1.29, 1.82) is 0 Å². The van der Waals surface area contributed by atoms with Gasteiger partial charge in [-0.05, 0) is 79.8 Å². The Morgan fingerprint density at radius 1 is 1.12 bits per heavy atom. The second-order valence-electron chi connectivity index (χ2n) is 7.95. The molecular formula is C23H28BrN. The monoisotopic (exact) mass is 397 g/mol. The van der Waals surface area contributed by atoms with E-state index in [0.29, 0.717) is 11.8 Å². The van der Waals surface area contributed by atoms with E-state index in [-0.39, 0.29) is 5.54 Å². The summed E-state index contributed by atoms with van der Waals surface area (Å²) in [6.07, 6.45) is 3.32. The maximum Gasteiger partial charge on any atom is 0.0352 e. The van der Waals surface area contributed by atoms with Crippen LogP contribution in [0.2, 0.25) is 0 Å². The zero-order chi connectivity index (χ0) is 18.4. The minimum atomic E-state index is -0.275. The number of nitrogens with two attached hydrogens (primary N) is 1. The molecule has 0 heterocycles. The van der Waals surface area contributed by atoms with E-state index in [2.05, 4.69) is 93.0 Å². The molecule has 1 aliphatic rings. The molecule has 2 aromatic rings. The van der Waals surface area contributed by atoms with E-state index in [1.807, 2.05) is 0 Å². The van der Waals surface area contributed by atoms with E-state index < -0.39 is 0 Å². The average Bonchev–Trinajstić information content (AvgIpc) is 2.73. The Morgan fingerprint density at radius 3 is 2.48 bits per heavy atom. The first-order valence-corrected chi connectivity index (χ1v) is 9.83. The fourth-order valence-corrected chi connectivity index (χ4v) is 5.17. The molecule has 0 spiro atoms. The fourth-order valence-electron chi connectivity index (χ4n) is 4.41. The molecule has 3 unspecified atom stereocenters. The van der Waals surface area contributed by atoms with Crippen LogP contribution in [0.25, 0.3) is 6.08 Å². The van der Waals surface area contributed by atoms with Crippen LogP contribution in [0.15, 0.2) is 46.4 Å². The molecule has 0 saturated heterocycles. The van der Waals surface area contributed by atoms with Crippen molar-refractivity contribution >= 4 is 22.0 Å². The fraction of sp³-hybridized carbons (Fsp3) is 0.391. The molecular weight excluding hydrogens is 370 g/mol. The quantitative estimate of drug-likeness (QED) is 0.631. The zero-order valence-electron chi connectivity index (χ0n) is 15.9. The Bertz CT molecular complexity index is 812. The third-order valence-corrected chi connectivity index (χ3v) is 6.47. The summed E-state index contributed by atoms with van der Waals surface area (Å²) in [4.78, 5) is 0. The van der Waals surface area contributed by atoms with Crippen LogP contribution in [-0.2, 0) is 0 Å². The van der Waals surface area contributed by atoms with Crippen molar-refractivity contribution in [3.05, 3.63) is 74.3 Å². The summed E-state index contributed by atoms with van der Waals surface area (Å²) in [5.41, 5.74) is 14.5. The molecule has 2 heteroatoms. The number of hydrogen-bond donors (Lipinski definition) is 1. The lowest BCUT2D eigenvalue weighted by Crippen LogP contribution is -2.35. The van der Waals surface area contributed by atoms with E-state index in [1.54, 1.807) is 0 Å². The van der Waals surface area contributed by atoms with Crippen LogP contribution in [0.3, 0.4) is 0 Å². The zero-order valence-corrected chi connectivity index (χ0v) is 17.4. The molecule has 0 bridgehead atoms. The van der Waals surface area contributed by atoms with Crippen LogP contribution in [0, 0.1) is 26.7 Å². The van der Waals surface area contributed by atoms with E-state index in [1.165, 1.54) is 37.9 Å². The summed E-state index contributed by atoms with van der Waals surface area (Å²) in [6.45, 7) is 11.0. The minimum Gasteiger partial charge on any atom is -0.322 e. The van der Waals surface area contributed by atoms with Crippen molar-refractivity contribution in [2.24, 2.45) is 11.7 Å². The van der Waals surface area contributed by atoms with Gasteiger partial charge in [0.2, 0.25) is 0 Å². The summed E-state index contributed by atoms with van der Waals surface area (Å²) in [7, 11) is 0. The SMILES string of the molecule is Cc1ccc(/C=C2\C(C)C(c3c(C)cccc3Br)CC2(C)N)c(C)c1. The van der Waals surface area contributed by atoms with Crippen LogP contribution in [-0.4, -0.2) is 5.54 Å². The highest BCUT2D eigenvalue weighted by Crippen LogP contribution is 2.50. The van der Waals surface area contributed by atoms with Crippen molar-refractivity contribution < 1.29 is 0 Å². The highest BCUT2D eigenvalue weighted by Gasteiger charge is 2.43. The summed E-state index contributed by atoms with van der Waals surface area (Å²) < 4.78 is 1.20. The molecule has 25 heavy (non-hydrogen) atoms. The highest BCUT2D eigenvalue weighted by molar-refractivity contribution is 9.10. The van der Waals surface area contributed by atoms with Crippen LogP contribution >= 0.6 is 15.9 Å². The van der Waals surface area contributed by atoms with Crippen molar-refractivity contribution in [2.75, 3.05) is 0 Å². The highest BCUT2D eigenvalue weighted by atomic mass is 79.9. The van der Waals surface area contributed by atoms with Gasteiger partial charge in [0.15, 0.2) is 0 Å². The molecule has 1 aliphatic carbocycles. The van der Waals surface area contributed by atoms with Crippen LogP contribution in [0.5, 0.6) is 0 Å². The Hall–Kier alpha value is -1.38. The second kappa shape index (κ2) is 6.74. The lowest BCUT2D eigenvalue weighted by Gasteiger charge is -2.22. The summed E-state index contributed by atoms with van der Waals surface area (Å²) in [5, 5.41) is 0. The van der Waals surface area contributed by atoms with Gasteiger partial charge in [-0.2, -0.15) is 0 Å². The second-order valence-corrected chi connectivity index (χ2v) is 8.80. The normalized spacial score (nSPS) is 27.9. The molecule has 2 N–H and O–H groups in total. The van der Waals surface area contributed by atoms with Gasteiger partial charge in [-0.3, -0.25) is 0 Å². The first-order valence-electron chi connectivity index (χ1n) is 9.04. The van der Waals surface area contributed by atoms with Crippen molar-refractivity contribution in [3.8, 4) is 0 Å².